The van der Waals surface area contributed by atoms with Crippen molar-refractivity contribution in [3.8, 4) is 5.75 Å². The normalized spacial score (nSPS) is 10.4. The molecule has 0 spiro atoms. The maximum atomic E-state index is 10.3. The molecule has 0 aliphatic heterocycles. The molecule has 3 heteroatoms. The molecule has 0 fully saturated rings. The zero-order chi connectivity index (χ0) is 8.97. The van der Waals surface area contributed by atoms with Crippen LogP contribution in [0.2, 0.25) is 0 Å². The van der Waals surface area contributed by atoms with E-state index >= 15 is 0 Å². The van der Waals surface area contributed by atoms with E-state index in [0.29, 0.717) is 0 Å². The van der Waals surface area contributed by atoms with E-state index in [2.05, 4.69) is 0 Å². The molecule has 62 valence electrons. The van der Waals surface area contributed by atoms with Gasteiger partial charge in [0.2, 0.25) is 5.24 Å². The molecule has 0 unspecified atom stereocenters. The van der Waals surface area contributed by atoms with Crippen molar-refractivity contribution in [1.82, 2.24) is 0 Å². The average Bonchev–Trinajstić information content (AvgIpc) is 2.03. The first-order valence-corrected chi connectivity index (χ1v) is 3.73. The van der Waals surface area contributed by atoms with Crippen LogP contribution in [0.25, 0.3) is 6.08 Å². The standard InChI is InChI=1S/C9H7ClO2/c10-9(12)6-3-7-1-4-8(11)5-2-7/h1-6,11H. The lowest BCUT2D eigenvalue weighted by atomic mass is 10.2. The molecule has 0 bridgehead atoms. The molecule has 1 aromatic rings. The number of phenolic OH excluding ortho intramolecular Hbond substituents is 1. The minimum absolute atomic E-state index is 0.198. The van der Waals surface area contributed by atoms with E-state index in [4.69, 9.17) is 16.7 Å². The summed E-state index contributed by atoms with van der Waals surface area (Å²) in [4.78, 5) is 10.3. The maximum Gasteiger partial charge on any atom is 0.245 e. The molecule has 1 rings (SSSR count). The summed E-state index contributed by atoms with van der Waals surface area (Å²) in [5.74, 6) is 0.198. The number of aromatic hydroxyl groups is 1. The van der Waals surface area contributed by atoms with E-state index in [1.54, 1.807) is 30.3 Å². The second kappa shape index (κ2) is 3.93. The summed E-state index contributed by atoms with van der Waals surface area (Å²) in [6.07, 6.45) is 2.84. The largest absolute Gasteiger partial charge is 0.508 e. The Balaban J connectivity index is 2.77. The van der Waals surface area contributed by atoms with Crippen LogP contribution in [0.3, 0.4) is 0 Å². The van der Waals surface area contributed by atoms with Gasteiger partial charge in [0.05, 0.1) is 0 Å². The van der Waals surface area contributed by atoms with Crippen LogP contribution in [-0.2, 0) is 4.79 Å². The Hall–Kier alpha value is -1.28. The minimum Gasteiger partial charge on any atom is -0.508 e. The van der Waals surface area contributed by atoms with Crippen molar-refractivity contribution in [2.45, 2.75) is 0 Å². The third-order valence-electron chi connectivity index (χ3n) is 1.30. The van der Waals surface area contributed by atoms with Crippen molar-refractivity contribution in [1.29, 1.82) is 0 Å². The van der Waals surface area contributed by atoms with Gasteiger partial charge >= 0.3 is 0 Å². The first kappa shape index (κ1) is 8.81. The van der Waals surface area contributed by atoms with Crippen LogP contribution in [0.1, 0.15) is 5.56 Å². The number of benzene rings is 1. The van der Waals surface area contributed by atoms with E-state index in [1.807, 2.05) is 0 Å². The van der Waals surface area contributed by atoms with Crippen LogP contribution >= 0.6 is 11.6 Å². The Morgan fingerprint density at radius 2 is 1.92 bits per heavy atom. The smallest absolute Gasteiger partial charge is 0.245 e. The first-order valence-electron chi connectivity index (χ1n) is 3.35. The van der Waals surface area contributed by atoms with Crippen molar-refractivity contribution in [3.05, 3.63) is 35.9 Å². The highest BCUT2D eigenvalue weighted by Gasteiger charge is 1.89. The number of hydrogen-bond donors (Lipinski definition) is 1. The summed E-state index contributed by atoms with van der Waals surface area (Å²) in [7, 11) is 0. The second-order valence-electron chi connectivity index (χ2n) is 2.23. The SMILES string of the molecule is O=C(Cl)C=Cc1ccc(O)cc1. The summed E-state index contributed by atoms with van der Waals surface area (Å²) in [5, 5.41) is 8.41. The Morgan fingerprint density at radius 1 is 1.33 bits per heavy atom. The predicted octanol–water partition coefficient (Wildman–Crippen LogP) is 2.17. The number of halogens is 1. The van der Waals surface area contributed by atoms with Crippen LogP contribution < -0.4 is 0 Å². The number of allylic oxidation sites excluding steroid dienone is 1. The van der Waals surface area contributed by atoms with E-state index in [9.17, 15) is 4.79 Å². The van der Waals surface area contributed by atoms with E-state index < -0.39 is 5.24 Å². The second-order valence-corrected chi connectivity index (χ2v) is 2.60. The van der Waals surface area contributed by atoms with Crippen LogP contribution in [0.5, 0.6) is 5.75 Å². The van der Waals surface area contributed by atoms with Gasteiger partial charge in [-0.3, -0.25) is 4.79 Å². The molecule has 2 nitrogen and oxygen atoms in total. The summed E-state index contributed by atoms with van der Waals surface area (Å²) in [5.41, 5.74) is 0.821. The van der Waals surface area contributed by atoms with Gasteiger partial charge in [-0.1, -0.05) is 18.2 Å². The monoisotopic (exact) mass is 182 g/mol. The third-order valence-corrected chi connectivity index (χ3v) is 1.43. The molecule has 0 amide bonds. The quantitative estimate of drug-likeness (QED) is 0.562. The summed E-state index contributed by atoms with van der Waals surface area (Å²) < 4.78 is 0. The van der Waals surface area contributed by atoms with Crippen molar-refractivity contribution >= 4 is 22.9 Å². The molecule has 0 aliphatic rings. The maximum absolute atomic E-state index is 10.3. The van der Waals surface area contributed by atoms with Gasteiger partial charge in [0.25, 0.3) is 0 Å². The molecule has 12 heavy (non-hydrogen) atoms. The van der Waals surface area contributed by atoms with Crippen molar-refractivity contribution in [2.75, 3.05) is 0 Å². The molecule has 0 atom stereocenters. The molecule has 0 aromatic heterocycles. The Labute approximate surface area is 75.1 Å². The number of rotatable bonds is 2. The van der Waals surface area contributed by atoms with Crippen molar-refractivity contribution in [3.63, 3.8) is 0 Å². The highest BCUT2D eigenvalue weighted by molar-refractivity contribution is 6.66. The van der Waals surface area contributed by atoms with Gasteiger partial charge in [-0.05, 0) is 35.4 Å². The lowest BCUT2D eigenvalue weighted by molar-refractivity contribution is -0.107. The molecule has 0 saturated carbocycles. The molecular weight excluding hydrogens is 176 g/mol. The summed E-state index contributed by atoms with van der Waals surface area (Å²) in [6, 6.07) is 6.45. The van der Waals surface area contributed by atoms with Gasteiger partial charge in [0.1, 0.15) is 5.75 Å². The molecule has 0 radical (unpaired) electrons. The topological polar surface area (TPSA) is 37.3 Å². The summed E-state index contributed by atoms with van der Waals surface area (Å²) >= 11 is 5.08. The fourth-order valence-corrected chi connectivity index (χ4v) is 0.810. The van der Waals surface area contributed by atoms with Gasteiger partial charge in [0.15, 0.2) is 0 Å². The molecule has 0 aliphatic carbocycles. The number of carbonyl (C=O) groups excluding carboxylic acids is 1. The van der Waals surface area contributed by atoms with Gasteiger partial charge < -0.3 is 5.11 Å². The zero-order valence-corrected chi connectivity index (χ0v) is 6.95. The van der Waals surface area contributed by atoms with E-state index in [-0.39, 0.29) is 5.75 Å². The number of hydrogen-bond acceptors (Lipinski definition) is 2. The molecule has 1 aromatic carbocycles. The highest BCUT2D eigenvalue weighted by Crippen LogP contribution is 2.10. The highest BCUT2D eigenvalue weighted by atomic mass is 35.5. The molecule has 1 N–H and O–H groups in total. The fraction of sp³-hybridized carbons (Fsp3) is 0. The van der Waals surface area contributed by atoms with Crippen LogP contribution in [0.15, 0.2) is 30.3 Å². The lowest BCUT2D eigenvalue weighted by Gasteiger charge is -1.92. The van der Waals surface area contributed by atoms with Gasteiger partial charge in [0, 0.05) is 0 Å². The lowest BCUT2D eigenvalue weighted by Crippen LogP contribution is -1.75. The number of phenols is 1. The van der Waals surface area contributed by atoms with Gasteiger partial charge in [-0.25, -0.2) is 0 Å². The van der Waals surface area contributed by atoms with E-state index in [1.165, 1.54) is 6.08 Å². The Bertz CT molecular complexity index is 301. The van der Waals surface area contributed by atoms with E-state index in [0.717, 1.165) is 5.56 Å². The first-order chi connectivity index (χ1) is 5.68. The van der Waals surface area contributed by atoms with Gasteiger partial charge in [-0.2, -0.15) is 0 Å². The van der Waals surface area contributed by atoms with Crippen LogP contribution in [0.4, 0.5) is 0 Å². The molecular formula is C9H7ClO2. The number of carbonyl (C=O) groups is 1. The summed E-state index contributed by atoms with van der Waals surface area (Å²) in [6.45, 7) is 0. The van der Waals surface area contributed by atoms with Crippen LogP contribution in [0, 0.1) is 0 Å². The Kier molecular flexibility index (Phi) is 2.88. The minimum atomic E-state index is -0.511. The van der Waals surface area contributed by atoms with Crippen LogP contribution in [-0.4, -0.2) is 10.3 Å². The van der Waals surface area contributed by atoms with Crippen molar-refractivity contribution in [2.24, 2.45) is 0 Å². The average molecular weight is 183 g/mol. The Morgan fingerprint density at radius 3 is 2.42 bits per heavy atom. The van der Waals surface area contributed by atoms with Crippen molar-refractivity contribution < 1.29 is 9.90 Å². The third kappa shape index (κ3) is 2.76. The molecule has 0 heterocycles. The predicted molar refractivity (Wildman–Crippen MR) is 48.0 cm³/mol. The fourth-order valence-electron chi connectivity index (χ4n) is 0.747. The van der Waals surface area contributed by atoms with Gasteiger partial charge in [-0.15, -0.1) is 0 Å². The molecule has 0 saturated heterocycles. The zero-order valence-electron chi connectivity index (χ0n) is 6.20.